The Morgan fingerprint density at radius 2 is 1.79 bits per heavy atom. The van der Waals surface area contributed by atoms with Crippen LogP contribution in [0.1, 0.15) is 43.0 Å². The van der Waals surface area contributed by atoms with E-state index in [0.29, 0.717) is 17.2 Å². The molecule has 6 nitrogen and oxygen atoms in total. The van der Waals surface area contributed by atoms with Gasteiger partial charge in [-0.15, -0.1) is 0 Å². The number of benzene rings is 2. The Labute approximate surface area is 178 Å². The quantitative estimate of drug-likeness (QED) is 0.724. The van der Waals surface area contributed by atoms with Crippen LogP contribution in [0, 0.1) is 0 Å². The number of fused-ring (bicyclic) bond motifs is 1. The Morgan fingerprint density at radius 3 is 2.55 bits per heavy atom. The van der Waals surface area contributed by atoms with E-state index >= 15 is 0 Å². The zero-order valence-corrected chi connectivity index (χ0v) is 17.3. The summed E-state index contributed by atoms with van der Waals surface area (Å²) in [5.74, 6) is -0.100. The minimum absolute atomic E-state index is 0.149. The lowest BCUT2D eigenvalue weighted by atomic mass is 10.2. The predicted octanol–water partition coefficient (Wildman–Crippen LogP) is 4.79. The third-order valence-corrected chi connectivity index (χ3v) is 5.92. The minimum Gasteiger partial charge on any atom is -0.448 e. The molecule has 2 N–H and O–H groups in total. The van der Waals surface area contributed by atoms with Crippen molar-refractivity contribution in [2.45, 2.75) is 44.4 Å². The number of carbonyl (C=O) groups is 2. The van der Waals surface area contributed by atoms with Crippen molar-refractivity contribution in [2.75, 3.05) is 5.32 Å². The molecule has 1 spiro atoms. The van der Waals surface area contributed by atoms with Crippen molar-refractivity contribution in [1.29, 1.82) is 0 Å². The standard InChI is InChI=1S/C21H20Cl2N2O4/c1-12(24-20(27)14-5-4-6-15(22)18(14)23)19(26)25-13-7-8-16-17(11-13)29-21(28-16)9-2-3-10-21/h4-8,11-12H,2-3,9-10H2,1H3,(H,24,27)(H,25,26). The molecule has 1 heterocycles. The first kappa shape index (κ1) is 19.9. The summed E-state index contributed by atoms with van der Waals surface area (Å²) < 4.78 is 12.0. The van der Waals surface area contributed by atoms with E-state index in [1.165, 1.54) is 0 Å². The maximum absolute atomic E-state index is 12.5. The van der Waals surface area contributed by atoms with Crippen LogP contribution < -0.4 is 20.1 Å². The molecule has 0 saturated heterocycles. The van der Waals surface area contributed by atoms with Crippen molar-refractivity contribution < 1.29 is 19.1 Å². The summed E-state index contributed by atoms with van der Waals surface area (Å²) in [5, 5.41) is 5.83. The van der Waals surface area contributed by atoms with E-state index in [1.807, 2.05) is 0 Å². The second-order valence-corrected chi connectivity index (χ2v) is 8.05. The van der Waals surface area contributed by atoms with Gasteiger partial charge in [0.25, 0.3) is 11.7 Å². The van der Waals surface area contributed by atoms with Crippen LogP contribution in [0.15, 0.2) is 36.4 Å². The van der Waals surface area contributed by atoms with E-state index in [4.69, 9.17) is 32.7 Å². The molecule has 0 radical (unpaired) electrons. The fourth-order valence-electron chi connectivity index (χ4n) is 3.56. The summed E-state index contributed by atoms with van der Waals surface area (Å²) in [7, 11) is 0. The molecule has 152 valence electrons. The minimum atomic E-state index is -0.788. The fourth-order valence-corrected chi connectivity index (χ4v) is 3.95. The van der Waals surface area contributed by atoms with Crippen LogP contribution in [-0.4, -0.2) is 23.6 Å². The monoisotopic (exact) mass is 434 g/mol. The normalized spacial score (nSPS) is 17.2. The first-order valence-corrected chi connectivity index (χ1v) is 10.2. The van der Waals surface area contributed by atoms with Gasteiger partial charge in [0, 0.05) is 24.6 Å². The molecule has 1 saturated carbocycles. The third-order valence-electron chi connectivity index (χ3n) is 5.11. The van der Waals surface area contributed by atoms with Gasteiger partial charge in [-0.25, -0.2) is 0 Å². The highest BCUT2D eigenvalue weighted by Gasteiger charge is 2.44. The average Bonchev–Trinajstić information content (AvgIpc) is 3.29. The van der Waals surface area contributed by atoms with Gasteiger partial charge < -0.3 is 20.1 Å². The zero-order chi connectivity index (χ0) is 20.6. The molecular weight excluding hydrogens is 415 g/mol. The van der Waals surface area contributed by atoms with Gasteiger partial charge in [0.1, 0.15) is 6.04 Å². The smallest absolute Gasteiger partial charge is 0.253 e. The Hall–Kier alpha value is -2.44. The molecule has 1 atom stereocenters. The van der Waals surface area contributed by atoms with Crippen LogP contribution >= 0.6 is 23.2 Å². The summed E-state index contributed by atoms with van der Waals surface area (Å²) >= 11 is 12.0. The molecule has 1 unspecified atom stereocenters. The van der Waals surface area contributed by atoms with Crippen LogP contribution in [-0.2, 0) is 4.79 Å². The molecule has 0 bridgehead atoms. The summed E-state index contributed by atoms with van der Waals surface area (Å²) in [6.07, 6.45) is 3.87. The molecule has 0 aromatic heterocycles. The van der Waals surface area contributed by atoms with Gasteiger partial charge in [-0.1, -0.05) is 29.3 Å². The van der Waals surface area contributed by atoms with E-state index in [9.17, 15) is 9.59 Å². The van der Waals surface area contributed by atoms with Gasteiger partial charge in [-0.05, 0) is 44.0 Å². The first-order chi connectivity index (χ1) is 13.9. The van der Waals surface area contributed by atoms with E-state index in [1.54, 1.807) is 43.3 Å². The molecule has 1 aliphatic carbocycles. The van der Waals surface area contributed by atoms with Crippen molar-refractivity contribution in [2.24, 2.45) is 0 Å². The summed E-state index contributed by atoms with van der Waals surface area (Å²) in [6, 6.07) is 9.24. The van der Waals surface area contributed by atoms with E-state index < -0.39 is 17.7 Å². The molecule has 1 fully saturated rings. The highest BCUT2D eigenvalue weighted by Crippen LogP contribution is 2.47. The number of hydrogen-bond acceptors (Lipinski definition) is 4. The second-order valence-electron chi connectivity index (χ2n) is 7.27. The molecule has 1 aliphatic heterocycles. The number of halogens is 2. The first-order valence-electron chi connectivity index (χ1n) is 9.45. The SMILES string of the molecule is CC(NC(=O)c1cccc(Cl)c1Cl)C(=O)Nc1ccc2c(c1)OC1(CCCC1)O2. The van der Waals surface area contributed by atoms with E-state index in [0.717, 1.165) is 25.7 Å². The van der Waals surface area contributed by atoms with Crippen molar-refractivity contribution >= 4 is 40.7 Å². The lowest BCUT2D eigenvalue weighted by molar-refractivity contribution is -0.117. The number of anilines is 1. The lowest BCUT2D eigenvalue weighted by Crippen LogP contribution is -2.41. The Kier molecular flexibility index (Phi) is 5.32. The second kappa shape index (κ2) is 7.76. The van der Waals surface area contributed by atoms with E-state index in [2.05, 4.69) is 10.6 Å². The molecule has 4 rings (SSSR count). The number of rotatable bonds is 4. The number of amides is 2. The largest absolute Gasteiger partial charge is 0.448 e. The van der Waals surface area contributed by atoms with Crippen LogP contribution in [0.4, 0.5) is 5.69 Å². The summed E-state index contributed by atoms with van der Waals surface area (Å²) in [6.45, 7) is 1.59. The number of carbonyl (C=O) groups excluding carboxylic acids is 2. The van der Waals surface area contributed by atoms with Crippen LogP contribution in [0.5, 0.6) is 11.5 Å². The molecule has 2 aromatic carbocycles. The van der Waals surface area contributed by atoms with Crippen molar-refractivity contribution in [3.63, 3.8) is 0 Å². The summed E-state index contributed by atoms with van der Waals surface area (Å²) in [4.78, 5) is 24.9. The van der Waals surface area contributed by atoms with Gasteiger partial charge in [0.15, 0.2) is 11.5 Å². The number of ether oxygens (including phenoxy) is 2. The molecule has 2 amide bonds. The fraction of sp³-hybridized carbons (Fsp3) is 0.333. The molecule has 2 aliphatic rings. The van der Waals surface area contributed by atoms with Gasteiger partial charge in [0.2, 0.25) is 5.91 Å². The molecule has 8 heteroatoms. The van der Waals surface area contributed by atoms with E-state index in [-0.39, 0.29) is 21.5 Å². The van der Waals surface area contributed by atoms with Gasteiger partial charge in [-0.3, -0.25) is 9.59 Å². The van der Waals surface area contributed by atoms with Crippen molar-refractivity contribution in [3.05, 3.63) is 52.0 Å². The Morgan fingerprint density at radius 1 is 1.07 bits per heavy atom. The van der Waals surface area contributed by atoms with Gasteiger partial charge in [0.05, 0.1) is 15.6 Å². The van der Waals surface area contributed by atoms with Gasteiger partial charge in [-0.2, -0.15) is 0 Å². The molecule has 29 heavy (non-hydrogen) atoms. The zero-order valence-electron chi connectivity index (χ0n) is 15.8. The highest BCUT2D eigenvalue weighted by molar-refractivity contribution is 6.43. The maximum atomic E-state index is 12.5. The Balaban J connectivity index is 1.40. The van der Waals surface area contributed by atoms with Crippen LogP contribution in [0.25, 0.3) is 0 Å². The highest BCUT2D eigenvalue weighted by atomic mass is 35.5. The predicted molar refractivity (Wildman–Crippen MR) is 111 cm³/mol. The average molecular weight is 435 g/mol. The number of nitrogens with one attached hydrogen (secondary N) is 2. The van der Waals surface area contributed by atoms with Gasteiger partial charge >= 0.3 is 0 Å². The maximum Gasteiger partial charge on any atom is 0.253 e. The van der Waals surface area contributed by atoms with Crippen molar-refractivity contribution in [3.8, 4) is 11.5 Å². The van der Waals surface area contributed by atoms with Crippen molar-refractivity contribution in [1.82, 2.24) is 5.32 Å². The van der Waals surface area contributed by atoms with Crippen LogP contribution in [0.2, 0.25) is 10.0 Å². The summed E-state index contributed by atoms with van der Waals surface area (Å²) in [5.41, 5.74) is 0.776. The Bertz CT molecular complexity index is 973. The van der Waals surface area contributed by atoms with Crippen LogP contribution in [0.3, 0.4) is 0 Å². The number of hydrogen-bond donors (Lipinski definition) is 2. The molecular formula is C21H20Cl2N2O4. The third kappa shape index (κ3) is 4.00. The lowest BCUT2D eigenvalue weighted by Gasteiger charge is -2.21. The topological polar surface area (TPSA) is 76.7 Å². The molecule has 2 aromatic rings.